The van der Waals surface area contributed by atoms with Gasteiger partial charge in [-0.3, -0.25) is 0 Å². The van der Waals surface area contributed by atoms with Gasteiger partial charge < -0.3 is 16.2 Å². The number of alkyl halides is 1. The van der Waals surface area contributed by atoms with Crippen molar-refractivity contribution in [3.63, 3.8) is 0 Å². The van der Waals surface area contributed by atoms with Crippen molar-refractivity contribution in [2.75, 3.05) is 7.11 Å². The van der Waals surface area contributed by atoms with E-state index in [0.717, 1.165) is 0 Å². The van der Waals surface area contributed by atoms with E-state index < -0.39 is 10.6 Å². The molecule has 0 amide bonds. The van der Waals surface area contributed by atoms with Crippen molar-refractivity contribution in [2.24, 2.45) is 11.5 Å². The summed E-state index contributed by atoms with van der Waals surface area (Å²) in [5, 5.41) is 0.385. The molecule has 13 heavy (non-hydrogen) atoms. The predicted molar refractivity (Wildman–Crippen MR) is 54.7 cm³/mol. The van der Waals surface area contributed by atoms with Crippen molar-refractivity contribution in [1.82, 2.24) is 0 Å². The normalized spacial score (nSPS) is 46.0. The molecule has 3 unspecified atom stereocenters. The molecular formula is C8H14Cl2N2O. The molecule has 0 aromatic heterocycles. The second-order valence-corrected chi connectivity index (χ2v) is 4.68. The van der Waals surface area contributed by atoms with E-state index in [-0.39, 0.29) is 6.04 Å². The average molecular weight is 225 g/mol. The van der Waals surface area contributed by atoms with Gasteiger partial charge in [-0.2, -0.15) is 0 Å². The maximum atomic E-state index is 5.99. The molecule has 0 heterocycles. The number of halogens is 2. The Balaban J connectivity index is 3.00. The molecule has 1 aliphatic carbocycles. The molecule has 0 aromatic carbocycles. The van der Waals surface area contributed by atoms with E-state index in [1.165, 1.54) is 0 Å². The van der Waals surface area contributed by atoms with Gasteiger partial charge in [-0.15, -0.1) is 0 Å². The Hall–Kier alpha value is 0.200. The van der Waals surface area contributed by atoms with Crippen molar-refractivity contribution in [3.8, 4) is 0 Å². The standard InChI is InChI=1S/C8H14Cl2N2O/c1-7(13-2)4-8(10,12)5(9)3-6(7)11/h3,6H,4,11-12H2,1-2H3. The molecule has 5 heteroatoms. The Morgan fingerprint density at radius 1 is 1.69 bits per heavy atom. The van der Waals surface area contributed by atoms with Crippen LogP contribution < -0.4 is 11.5 Å². The molecular weight excluding hydrogens is 211 g/mol. The van der Waals surface area contributed by atoms with Crippen molar-refractivity contribution >= 4 is 23.2 Å². The third-order valence-corrected chi connectivity index (χ3v) is 3.40. The van der Waals surface area contributed by atoms with Crippen LogP contribution in [0.3, 0.4) is 0 Å². The van der Waals surface area contributed by atoms with Crippen LogP contribution in [0.4, 0.5) is 0 Å². The first-order chi connectivity index (χ1) is 5.82. The SMILES string of the molecule is COC1(C)CC(N)(Cl)C(Cl)=CC1N. The van der Waals surface area contributed by atoms with Crippen LogP contribution in [0.25, 0.3) is 0 Å². The maximum absolute atomic E-state index is 5.99. The molecule has 0 aliphatic heterocycles. The first-order valence-electron chi connectivity index (χ1n) is 3.98. The molecule has 0 fully saturated rings. The fourth-order valence-corrected chi connectivity index (χ4v) is 1.92. The molecule has 1 aliphatic rings. The minimum absolute atomic E-state index is 0.277. The molecule has 0 aromatic rings. The summed E-state index contributed by atoms with van der Waals surface area (Å²) < 4.78 is 5.28. The van der Waals surface area contributed by atoms with Crippen LogP contribution in [0.1, 0.15) is 13.3 Å². The van der Waals surface area contributed by atoms with Gasteiger partial charge in [-0.1, -0.05) is 23.2 Å². The zero-order chi connectivity index (χ0) is 10.3. The molecule has 0 saturated carbocycles. The number of nitrogens with two attached hydrogens (primary N) is 2. The summed E-state index contributed by atoms with van der Waals surface area (Å²) in [7, 11) is 1.58. The Bertz CT molecular complexity index is 242. The van der Waals surface area contributed by atoms with Gasteiger partial charge in [0, 0.05) is 13.5 Å². The fraction of sp³-hybridized carbons (Fsp3) is 0.750. The summed E-state index contributed by atoms with van der Waals surface area (Å²) in [6.07, 6.45) is 2.04. The Morgan fingerprint density at radius 3 is 2.69 bits per heavy atom. The molecule has 3 nitrogen and oxygen atoms in total. The van der Waals surface area contributed by atoms with E-state index >= 15 is 0 Å². The molecule has 0 saturated heterocycles. The van der Waals surface area contributed by atoms with E-state index in [2.05, 4.69) is 0 Å². The minimum Gasteiger partial charge on any atom is -0.376 e. The van der Waals surface area contributed by atoms with Crippen LogP contribution >= 0.6 is 23.2 Å². The van der Waals surface area contributed by atoms with Crippen molar-refractivity contribution in [1.29, 1.82) is 0 Å². The van der Waals surface area contributed by atoms with Crippen molar-refractivity contribution in [3.05, 3.63) is 11.1 Å². The van der Waals surface area contributed by atoms with Crippen LogP contribution in [-0.4, -0.2) is 23.8 Å². The van der Waals surface area contributed by atoms with Crippen LogP contribution in [0, 0.1) is 0 Å². The first kappa shape index (κ1) is 11.3. The Kier molecular flexibility index (Phi) is 2.95. The summed E-state index contributed by atoms with van der Waals surface area (Å²) >= 11 is 11.8. The lowest BCUT2D eigenvalue weighted by molar-refractivity contribution is -0.0209. The highest BCUT2D eigenvalue weighted by Crippen LogP contribution is 2.39. The van der Waals surface area contributed by atoms with Crippen molar-refractivity contribution in [2.45, 2.75) is 30.0 Å². The van der Waals surface area contributed by atoms with Crippen LogP contribution in [0.15, 0.2) is 11.1 Å². The van der Waals surface area contributed by atoms with Gasteiger partial charge in [-0.25, -0.2) is 0 Å². The van der Waals surface area contributed by atoms with Gasteiger partial charge in [0.1, 0.15) is 5.00 Å². The first-order valence-corrected chi connectivity index (χ1v) is 4.74. The second-order valence-electron chi connectivity index (χ2n) is 3.60. The number of methoxy groups -OCH3 is 1. The highest BCUT2D eigenvalue weighted by Gasteiger charge is 2.44. The summed E-state index contributed by atoms with van der Waals surface area (Å²) in [5.41, 5.74) is 11.1. The van der Waals surface area contributed by atoms with Gasteiger partial charge in [-0.05, 0) is 13.0 Å². The van der Waals surface area contributed by atoms with Crippen LogP contribution in [0.5, 0.6) is 0 Å². The lowest BCUT2D eigenvalue weighted by Crippen LogP contribution is -2.56. The number of hydrogen-bond donors (Lipinski definition) is 2. The zero-order valence-corrected chi connectivity index (χ0v) is 9.19. The number of ether oxygens (including phenoxy) is 1. The van der Waals surface area contributed by atoms with E-state index in [1.54, 1.807) is 13.2 Å². The summed E-state index contributed by atoms with van der Waals surface area (Å²) in [5.74, 6) is 0. The summed E-state index contributed by atoms with van der Waals surface area (Å²) in [6, 6.07) is -0.277. The smallest absolute Gasteiger partial charge is 0.130 e. The molecule has 3 atom stereocenters. The quantitative estimate of drug-likeness (QED) is 0.519. The van der Waals surface area contributed by atoms with Gasteiger partial charge in [0.05, 0.1) is 16.7 Å². The van der Waals surface area contributed by atoms with Gasteiger partial charge in [0.15, 0.2) is 0 Å². The summed E-state index contributed by atoms with van der Waals surface area (Å²) in [4.78, 5) is -1.05. The molecule has 0 spiro atoms. The number of hydrogen-bond acceptors (Lipinski definition) is 3. The monoisotopic (exact) mass is 224 g/mol. The van der Waals surface area contributed by atoms with E-state index in [0.29, 0.717) is 11.5 Å². The Morgan fingerprint density at radius 2 is 2.23 bits per heavy atom. The lowest BCUT2D eigenvalue weighted by Gasteiger charge is -2.42. The zero-order valence-electron chi connectivity index (χ0n) is 7.68. The highest BCUT2D eigenvalue weighted by atomic mass is 35.5. The average Bonchev–Trinajstić information content (AvgIpc) is 2.01. The molecule has 1 rings (SSSR count). The lowest BCUT2D eigenvalue weighted by atomic mass is 9.84. The van der Waals surface area contributed by atoms with Gasteiger partial charge in [0.2, 0.25) is 0 Å². The maximum Gasteiger partial charge on any atom is 0.130 e. The molecule has 0 radical (unpaired) electrons. The van der Waals surface area contributed by atoms with Crippen molar-refractivity contribution < 1.29 is 4.74 Å². The van der Waals surface area contributed by atoms with E-state index in [9.17, 15) is 0 Å². The number of rotatable bonds is 1. The fourth-order valence-electron chi connectivity index (χ4n) is 1.39. The van der Waals surface area contributed by atoms with Crippen LogP contribution in [0.2, 0.25) is 0 Å². The van der Waals surface area contributed by atoms with E-state index in [4.69, 9.17) is 39.4 Å². The predicted octanol–water partition coefficient (Wildman–Crippen LogP) is 1.14. The molecule has 4 N–H and O–H groups in total. The van der Waals surface area contributed by atoms with E-state index in [1.807, 2.05) is 6.92 Å². The molecule has 76 valence electrons. The largest absolute Gasteiger partial charge is 0.376 e. The van der Waals surface area contributed by atoms with Gasteiger partial charge in [0.25, 0.3) is 0 Å². The van der Waals surface area contributed by atoms with Crippen LogP contribution in [-0.2, 0) is 4.74 Å². The summed E-state index contributed by atoms with van der Waals surface area (Å²) in [6.45, 7) is 1.86. The third-order valence-electron chi connectivity index (χ3n) is 2.50. The topological polar surface area (TPSA) is 61.3 Å². The minimum atomic E-state index is -1.05. The van der Waals surface area contributed by atoms with Gasteiger partial charge >= 0.3 is 0 Å². The second kappa shape index (κ2) is 3.41. The third kappa shape index (κ3) is 2.00. The Labute approximate surface area is 88.0 Å². The molecule has 0 bridgehead atoms. The highest BCUT2D eigenvalue weighted by molar-refractivity contribution is 6.39.